The van der Waals surface area contributed by atoms with Crippen LogP contribution in [0.5, 0.6) is 11.5 Å². The summed E-state index contributed by atoms with van der Waals surface area (Å²) >= 11 is 0. The molecule has 3 aromatic rings. The molecule has 0 spiro atoms. The molecule has 29 heavy (non-hydrogen) atoms. The first kappa shape index (κ1) is 19.3. The van der Waals surface area contributed by atoms with Gasteiger partial charge in [-0.15, -0.1) is 0 Å². The number of aromatic amines is 1. The van der Waals surface area contributed by atoms with Crippen LogP contribution >= 0.6 is 0 Å². The van der Waals surface area contributed by atoms with Crippen molar-refractivity contribution in [3.8, 4) is 11.5 Å². The Morgan fingerprint density at radius 1 is 1.31 bits per heavy atom. The van der Waals surface area contributed by atoms with Crippen LogP contribution in [0, 0.1) is 5.92 Å². The molecule has 0 bridgehead atoms. The number of benzene rings is 2. The molecule has 2 heterocycles. The fraction of sp³-hybridized carbons (Fsp3) is 0.391. The Bertz CT molecular complexity index is 1010. The van der Waals surface area contributed by atoms with Crippen LogP contribution in [0.3, 0.4) is 0 Å². The normalized spacial score (nSPS) is 17.0. The van der Waals surface area contributed by atoms with E-state index in [0.717, 1.165) is 46.4 Å². The van der Waals surface area contributed by atoms with Gasteiger partial charge in [-0.05, 0) is 48.1 Å². The van der Waals surface area contributed by atoms with E-state index in [1.165, 1.54) is 0 Å². The van der Waals surface area contributed by atoms with Gasteiger partial charge in [-0.25, -0.2) is 0 Å². The predicted octanol–water partition coefficient (Wildman–Crippen LogP) is 5.07. The maximum absolute atomic E-state index is 11.2. The smallest absolute Gasteiger partial charge is 0.303 e. The van der Waals surface area contributed by atoms with Crippen LogP contribution in [0.4, 0.5) is 0 Å². The van der Waals surface area contributed by atoms with Crippen molar-refractivity contribution in [1.82, 2.24) is 10.2 Å². The minimum absolute atomic E-state index is 0.0136. The molecule has 1 aliphatic heterocycles. The van der Waals surface area contributed by atoms with Gasteiger partial charge in [0.1, 0.15) is 17.6 Å². The number of fused-ring (bicyclic) bond motifs is 2. The van der Waals surface area contributed by atoms with Crippen molar-refractivity contribution in [3.05, 3.63) is 53.7 Å². The van der Waals surface area contributed by atoms with Gasteiger partial charge in [0.2, 0.25) is 0 Å². The third kappa shape index (κ3) is 4.36. The first-order valence-electron chi connectivity index (χ1n) is 10.1. The van der Waals surface area contributed by atoms with E-state index in [2.05, 4.69) is 36.2 Å². The summed E-state index contributed by atoms with van der Waals surface area (Å²) in [6, 6.07) is 12.0. The number of aliphatic carboxylic acids is 1. The highest BCUT2D eigenvalue weighted by molar-refractivity contribution is 5.78. The van der Waals surface area contributed by atoms with Crippen LogP contribution in [0.1, 0.15) is 56.3 Å². The third-order valence-corrected chi connectivity index (χ3v) is 5.37. The van der Waals surface area contributed by atoms with Gasteiger partial charge in [-0.2, -0.15) is 5.10 Å². The Morgan fingerprint density at radius 2 is 2.17 bits per heavy atom. The molecule has 0 saturated carbocycles. The topological polar surface area (TPSA) is 84.4 Å². The molecule has 2 aromatic carbocycles. The summed E-state index contributed by atoms with van der Waals surface area (Å²) in [5.74, 6) is 1.13. The Kier molecular flexibility index (Phi) is 5.43. The number of nitrogens with one attached hydrogen (secondary N) is 1. The number of nitrogens with zero attached hydrogens (tertiary/aromatic N) is 1. The van der Waals surface area contributed by atoms with Gasteiger partial charge in [0.05, 0.1) is 24.7 Å². The number of rotatable bonds is 7. The molecule has 0 saturated heterocycles. The van der Waals surface area contributed by atoms with Crippen molar-refractivity contribution in [2.75, 3.05) is 6.61 Å². The SMILES string of the molecule is CC(C)CC(Oc1ccc2c(c1)OCCC2CC(=O)O)c1ccc2[nH]ncc2c1. The number of H-pyrrole nitrogens is 1. The van der Waals surface area contributed by atoms with Crippen molar-refractivity contribution >= 4 is 16.9 Å². The summed E-state index contributed by atoms with van der Waals surface area (Å²) in [6.07, 6.45) is 3.45. The Hall–Kier alpha value is -3.02. The number of carboxylic acid groups (broad SMARTS) is 1. The van der Waals surface area contributed by atoms with Crippen molar-refractivity contribution in [3.63, 3.8) is 0 Å². The van der Waals surface area contributed by atoms with Crippen LogP contribution in [-0.2, 0) is 4.79 Å². The third-order valence-electron chi connectivity index (χ3n) is 5.37. The lowest BCUT2D eigenvalue weighted by atomic mass is 9.90. The van der Waals surface area contributed by atoms with Gasteiger partial charge in [-0.3, -0.25) is 9.89 Å². The quantitative estimate of drug-likeness (QED) is 0.584. The summed E-state index contributed by atoms with van der Waals surface area (Å²) < 4.78 is 12.2. The Labute approximate surface area is 169 Å². The highest BCUT2D eigenvalue weighted by Gasteiger charge is 2.25. The Morgan fingerprint density at radius 3 is 2.97 bits per heavy atom. The molecule has 0 radical (unpaired) electrons. The summed E-state index contributed by atoms with van der Waals surface area (Å²) in [4.78, 5) is 11.2. The number of hydrogen-bond acceptors (Lipinski definition) is 4. The molecule has 6 heteroatoms. The van der Waals surface area contributed by atoms with Crippen LogP contribution < -0.4 is 9.47 Å². The first-order chi connectivity index (χ1) is 14.0. The minimum atomic E-state index is -0.783. The molecular weight excluding hydrogens is 368 g/mol. The van der Waals surface area contributed by atoms with E-state index in [0.29, 0.717) is 12.5 Å². The minimum Gasteiger partial charge on any atom is -0.493 e. The molecule has 0 fully saturated rings. The molecule has 2 atom stereocenters. The highest BCUT2D eigenvalue weighted by Crippen LogP contribution is 2.39. The molecule has 2 unspecified atom stereocenters. The van der Waals surface area contributed by atoms with E-state index in [1.54, 1.807) is 0 Å². The fourth-order valence-corrected chi connectivity index (χ4v) is 3.95. The summed E-state index contributed by atoms with van der Waals surface area (Å²) in [5.41, 5.74) is 3.06. The maximum atomic E-state index is 11.2. The van der Waals surface area contributed by atoms with Gasteiger partial charge in [0.15, 0.2) is 0 Å². The van der Waals surface area contributed by atoms with Crippen molar-refractivity contribution < 1.29 is 19.4 Å². The molecule has 6 nitrogen and oxygen atoms in total. The average molecular weight is 394 g/mol. The molecule has 0 aliphatic carbocycles. The van der Waals surface area contributed by atoms with Crippen molar-refractivity contribution in [2.45, 2.75) is 45.1 Å². The Balaban J connectivity index is 1.60. The predicted molar refractivity (Wildman–Crippen MR) is 110 cm³/mol. The monoisotopic (exact) mass is 394 g/mol. The molecule has 4 rings (SSSR count). The van der Waals surface area contributed by atoms with E-state index < -0.39 is 5.97 Å². The summed E-state index contributed by atoms with van der Waals surface area (Å²) in [6.45, 7) is 4.89. The van der Waals surface area contributed by atoms with Gasteiger partial charge in [-0.1, -0.05) is 26.0 Å². The van der Waals surface area contributed by atoms with E-state index in [4.69, 9.17) is 14.6 Å². The zero-order valence-corrected chi connectivity index (χ0v) is 16.7. The fourth-order valence-electron chi connectivity index (χ4n) is 3.95. The number of ether oxygens (including phenoxy) is 2. The van der Waals surface area contributed by atoms with Gasteiger partial charge in [0, 0.05) is 17.4 Å². The molecule has 1 aliphatic rings. The summed E-state index contributed by atoms with van der Waals surface area (Å²) in [5, 5.41) is 17.3. The lowest BCUT2D eigenvalue weighted by molar-refractivity contribution is -0.137. The van der Waals surface area contributed by atoms with Crippen LogP contribution in [-0.4, -0.2) is 27.9 Å². The maximum Gasteiger partial charge on any atom is 0.303 e. The van der Waals surface area contributed by atoms with Crippen LogP contribution in [0.2, 0.25) is 0 Å². The zero-order chi connectivity index (χ0) is 20.4. The second-order valence-corrected chi connectivity index (χ2v) is 8.08. The number of carbonyl (C=O) groups is 1. The number of hydrogen-bond donors (Lipinski definition) is 2. The lowest BCUT2D eigenvalue weighted by Crippen LogP contribution is -2.17. The van der Waals surface area contributed by atoms with Gasteiger partial charge >= 0.3 is 5.97 Å². The van der Waals surface area contributed by atoms with E-state index >= 15 is 0 Å². The van der Waals surface area contributed by atoms with E-state index in [1.807, 2.05) is 30.5 Å². The van der Waals surface area contributed by atoms with Crippen LogP contribution in [0.15, 0.2) is 42.6 Å². The van der Waals surface area contributed by atoms with E-state index in [-0.39, 0.29) is 18.4 Å². The molecular formula is C23H26N2O4. The van der Waals surface area contributed by atoms with Gasteiger partial charge in [0.25, 0.3) is 0 Å². The second-order valence-electron chi connectivity index (χ2n) is 8.08. The molecule has 1 aromatic heterocycles. The molecule has 0 amide bonds. The van der Waals surface area contributed by atoms with Gasteiger partial charge < -0.3 is 14.6 Å². The van der Waals surface area contributed by atoms with Crippen molar-refractivity contribution in [2.24, 2.45) is 5.92 Å². The van der Waals surface area contributed by atoms with Crippen LogP contribution in [0.25, 0.3) is 10.9 Å². The van der Waals surface area contributed by atoms with Crippen molar-refractivity contribution in [1.29, 1.82) is 0 Å². The largest absolute Gasteiger partial charge is 0.493 e. The lowest BCUT2D eigenvalue weighted by Gasteiger charge is -2.27. The highest BCUT2D eigenvalue weighted by atomic mass is 16.5. The average Bonchev–Trinajstić information content (AvgIpc) is 3.14. The first-order valence-corrected chi connectivity index (χ1v) is 10.1. The van der Waals surface area contributed by atoms with E-state index in [9.17, 15) is 4.79 Å². The number of carboxylic acids is 1. The molecule has 152 valence electrons. The second kappa shape index (κ2) is 8.15. The molecule has 2 N–H and O–H groups in total. The standard InChI is InChI=1S/C23H26N2O4/c1-14(2)9-21(16-3-6-20-17(10-16)13-24-25-20)29-18-4-5-19-15(11-23(26)27)7-8-28-22(19)12-18/h3-6,10,12-15,21H,7-9,11H2,1-2H3,(H,24,25)(H,26,27). The summed E-state index contributed by atoms with van der Waals surface area (Å²) in [7, 11) is 0. The number of aromatic nitrogens is 2. The zero-order valence-electron chi connectivity index (χ0n) is 16.7.